The molecule has 1 aromatic carbocycles. The lowest BCUT2D eigenvalue weighted by atomic mass is 10.2. The van der Waals surface area contributed by atoms with E-state index in [0.29, 0.717) is 36.8 Å². The average Bonchev–Trinajstić information content (AvgIpc) is 2.46. The van der Waals surface area contributed by atoms with E-state index in [2.05, 4.69) is 5.32 Å². The van der Waals surface area contributed by atoms with Gasteiger partial charge in [-0.05, 0) is 19.1 Å². The zero-order chi connectivity index (χ0) is 12.3. The number of rotatable bonds is 3. The molecule has 0 aromatic heterocycles. The van der Waals surface area contributed by atoms with Crippen LogP contribution in [-0.4, -0.2) is 31.7 Å². The molecule has 1 amide bonds. The molecule has 0 aliphatic carbocycles. The van der Waals surface area contributed by atoms with E-state index in [4.69, 9.17) is 15.2 Å². The second kappa shape index (κ2) is 5.05. The van der Waals surface area contributed by atoms with E-state index in [1.807, 2.05) is 6.92 Å². The number of nitrogens with one attached hydrogen (secondary N) is 1. The summed E-state index contributed by atoms with van der Waals surface area (Å²) in [4.78, 5) is 11.8. The maximum atomic E-state index is 11.8. The fraction of sp³-hybridized carbons (Fsp3) is 0.417. The first-order chi connectivity index (χ1) is 8.20. The normalized spacial score (nSPS) is 18.7. The SMILES string of the molecule is CC1COc2cc(OCCN)ccc2C(=O)N1. The zero-order valence-corrected chi connectivity index (χ0v) is 9.73. The lowest BCUT2D eigenvalue weighted by molar-refractivity contribution is 0.0942. The Bertz CT molecular complexity index is 420. The molecule has 0 saturated carbocycles. The number of amides is 1. The van der Waals surface area contributed by atoms with Gasteiger partial charge in [0.1, 0.15) is 24.7 Å². The Kier molecular flexibility index (Phi) is 3.49. The molecule has 5 nitrogen and oxygen atoms in total. The number of ether oxygens (including phenoxy) is 2. The second-order valence-corrected chi connectivity index (χ2v) is 3.98. The topological polar surface area (TPSA) is 73.6 Å². The van der Waals surface area contributed by atoms with Crippen LogP contribution in [0.3, 0.4) is 0 Å². The zero-order valence-electron chi connectivity index (χ0n) is 9.73. The summed E-state index contributed by atoms with van der Waals surface area (Å²) in [5, 5.41) is 2.84. The Morgan fingerprint density at radius 1 is 1.59 bits per heavy atom. The fourth-order valence-electron chi connectivity index (χ4n) is 1.63. The molecule has 1 aromatic rings. The lowest BCUT2D eigenvalue weighted by Gasteiger charge is -2.09. The number of benzene rings is 1. The summed E-state index contributed by atoms with van der Waals surface area (Å²) in [6, 6.07) is 5.17. The lowest BCUT2D eigenvalue weighted by Crippen LogP contribution is -2.33. The summed E-state index contributed by atoms with van der Waals surface area (Å²) in [6.07, 6.45) is 0. The monoisotopic (exact) mass is 236 g/mol. The highest BCUT2D eigenvalue weighted by atomic mass is 16.5. The number of hydrogen-bond acceptors (Lipinski definition) is 4. The van der Waals surface area contributed by atoms with Crippen molar-refractivity contribution in [2.45, 2.75) is 13.0 Å². The molecule has 92 valence electrons. The predicted octanol–water partition coefficient (Wildman–Crippen LogP) is 0.535. The summed E-state index contributed by atoms with van der Waals surface area (Å²) in [6.45, 7) is 3.26. The van der Waals surface area contributed by atoms with E-state index in [1.54, 1.807) is 18.2 Å². The van der Waals surface area contributed by atoms with Crippen LogP contribution in [0.2, 0.25) is 0 Å². The van der Waals surface area contributed by atoms with Crippen molar-refractivity contribution in [2.75, 3.05) is 19.8 Å². The highest BCUT2D eigenvalue weighted by molar-refractivity contribution is 5.97. The minimum absolute atomic E-state index is 0.00306. The Morgan fingerprint density at radius 2 is 2.41 bits per heavy atom. The van der Waals surface area contributed by atoms with Gasteiger partial charge in [-0.25, -0.2) is 0 Å². The van der Waals surface area contributed by atoms with Crippen LogP contribution >= 0.6 is 0 Å². The van der Waals surface area contributed by atoms with Crippen LogP contribution in [0, 0.1) is 0 Å². The third-order valence-electron chi connectivity index (χ3n) is 2.45. The maximum absolute atomic E-state index is 11.8. The summed E-state index contributed by atoms with van der Waals surface area (Å²) in [5.41, 5.74) is 5.90. The molecule has 1 aliphatic rings. The van der Waals surface area contributed by atoms with Crippen molar-refractivity contribution >= 4 is 5.91 Å². The quantitative estimate of drug-likeness (QED) is 0.803. The highest BCUT2D eigenvalue weighted by Crippen LogP contribution is 2.26. The van der Waals surface area contributed by atoms with Crippen LogP contribution in [-0.2, 0) is 0 Å². The van der Waals surface area contributed by atoms with E-state index in [9.17, 15) is 4.79 Å². The largest absolute Gasteiger partial charge is 0.492 e. The third kappa shape index (κ3) is 2.68. The Labute approximate surface area is 99.9 Å². The first-order valence-electron chi connectivity index (χ1n) is 5.61. The number of fused-ring (bicyclic) bond motifs is 1. The van der Waals surface area contributed by atoms with E-state index >= 15 is 0 Å². The Morgan fingerprint density at radius 3 is 3.18 bits per heavy atom. The van der Waals surface area contributed by atoms with Crippen molar-refractivity contribution in [3.05, 3.63) is 23.8 Å². The molecule has 5 heteroatoms. The molecule has 0 fully saturated rings. The molecule has 3 N–H and O–H groups in total. The van der Waals surface area contributed by atoms with Crippen molar-refractivity contribution in [1.82, 2.24) is 5.32 Å². The number of nitrogens with two attached hydrogens (primary N) is 1. The number of carbonyl (C=O) groups is 1. The minimum atomic E-state index is -0.115. The number of carbonyl (C=O) groups excluding carboxylic acids is 1. The van der Waals surface area contributed by atoms with E-state index in [-0.39, 0.29) is 11.9 Å². The summed E-state index contributed by atoms with van der Waals surface area (Å²) in [7, 11) is 0. The molecule has 1 heterocycles. The van der Waals surface area contributed by atoms with Crippen LogP contribution in [0.25, 0.3) is 0 Å². The fourth-order valence-corrected chi connectivity index (χ4v) is 1.63. The maximum Gasteiger partial charge on any atom is 0.255 e. The van der Waals surface area contributed by atoms with Crippen molar-refractivity contribution in [3.63, 3.8) is 0 Å². The van der Waals surface area contributed by atoms with Crippen LogP contribution < -0.4 is 20.5 Å². The summed E-state index contributed by atoms with van der Waals surface area (Å²) < 4.78 is 10.9. The standard InChI is InChI=1S/C12H16N2O3/c1-8-7-17-11-6-9(16-5-4-13)2-3-10(11)12(15)14-8/h2-3,6,8H,4-5,7,13H2,1H3,(H,14,15). The second-order valence-electron chi connectivity index (χ2n) is 3.98. The van der Waals surface area contributed by atoms with Gasteiger partial charge in [0.2, 0.25) is 0 Å². The highest BCUT2D eigenvalue weighted by Gasteiger charge is 2.20. The molecule has 17 heavy (non-hydrogen) atoms. The molecule has 0 spiro atoms. The molecule has 1 aliphatic heterocycles. The van der Waals surface area contributed by atoms with Gasteiger partial charge in [-0.3, -0.25) is 4.79 Å². The van der Waals surface area contributed by atoms with Gasteiger partial charge >= 0.3 is 0 Å². The van der Waals surface area contributed by atoms with Gasteiger partial charge < -0.3 is 20.5 Å². The van der Waals surface area contributed by atoms with Crippen LogP contribution in [0.15, 0.2) is 18.2 Å². The van der Waals surface area contributed by atoms with Crippen molar-refractivity contribution < 1.29 is 14.3 Å². The molecule has 2 rings (SSSR count). The van der Waals surface area contributed by atoms with Crippen molar-refractivity contribution in [1.29, 1.82) is 0 Å². The third-order valence-corrected chi connectivity index (χ3v) is 2.45. The van der Waals surface area contributed by atoms with E-state index in [0.717, 1.165) is 0 Å². The van der Waals surface area contributed by atoms with Crippen molar-refractivity contribution in [3.8, 4) is 11.5 Å². The Hall–Kier alpha value is -1.75. The van der Waals surface area contributed by atoms with Crippen LogP contribution in [0.4, 0.5) is 0 Å². The smallest absolute Gasteiger partial charge is 0.255 e. The van der Waals surface area contributed by atoms with Gasteiger partial charge in [-0.15, -0.1) is 0 Å². The van der Waals surface area contributed by atoms with Gasteiger partial charge in [-0.2, -0.15) is 0 Å². The van der Waals surface area contributed by atoms with Gasteiger partial charge in [0, 0.05) is 12.6 Å². The molecule has 0 radical (unpaired) electrons. The molecule has 1 unspecified atom stereocenters. The number of hydrogen-bond donors (Lipinski definition) is 2. The van der Waals surface area contributed by atoms with Crippen molar-refractivity contribution in [2.24, 2.45) is 5.73 Å². The van der Waals surface area contributed by atoms with Crippen LogP contribution in [0.5, 0.6) is 11.5 Å². The van der Waals surface area contributed by atoms with Crippen LogP contribution in [0.1, 0.15) is 17.3 Å². The first-order valence-corrected chi connectivity index (χ1v) is 5.61. The summed E-state index contributed by atoms with van der Waals surface area (Å²) in [5.74, 6) is 1.10. The summed E-state index contributed by atoms with van der Waals surface area (Å²) >= 11 is 0. The van der Waals surface area contributed by atoms with Gasteiger partial charge in [0.05, 0.1) is 11.6 Å². The van der Waals surface area contributed by atoms with Gasteiger partial charge in [0.25, 0.3) is 5.91 Å². The van der Waals surface area contributed by atoms with E-state index < -0.39 is 0 Å². The Balaban J connectivity index is 2.23. The predicted molar refractivity (Wildman–Crippen MR) is 63.4 cm³/mol. The molecular weight excluding hydrogens is 220 g/mol. The molecular formula is C12H16N2O3. The molecule has 0 bridgehead atoms. The van der Waals surface area contributed by atoms with Gasteiger partial charge in [0.15, 0.2) is 0 Å². The molecule has 1 atom stereocenters. The average molecular weight is 236 g/mol. The van der Waals surface area contributed by atoms with Gasteiger partial charge in [-0.1, -0.05) is 0 Å². The van der Waals surface area contributed by atoms with E-state index in [1.165, 1.54) is 0 Å². The molecule has 0 saturated heterocycles. The first kappa shape index (κ1) is 11.7. The minimum Gasteiger partial charge on any atom is -0.492 e.